The number of carbonyl (C=O) groups excluding carboxylic acids is 1. The molecule has 1 atom stereocenters. The Bertz CT molecular complexity index is 1360. The van der Waals surface area contributed by atoms with Crippen molar-refractivity contribution in [1.82, 2.24) is 30.0 Å². The van der Waals surface area contributed by atoms with E-state index in [0.29, 0.717) is 18.0 Å². The summed E-state index contributed by atoms with van der Waals surface area (Å²) >= 11 is 1.69. The zero-order chi connectivity index (χ0) is 27.4. The molecule has 2 N–H and O–H groups in total. The first-order chi connectivity index (χ1) is 18.1. The van der Waals surface area contributed by atoms with Gasteiger partial charge in [-0.25, -0.2) is 9.97 Å². The molecular formula is C27H33F3N6OS. The van der Waals surface area contributed by atoms with Gasteiger partial charge in [0.2, 0.25) is 0 Å². The van der Waals surface area contributed by atoms with Gasteiger partial charge in [-0.15, -0.1) is 16.4 Å². The van der Waals surface area contributed by atoms with Crippen LogP contribution in [-0.4, -0.2) is 36.7 Å². The van der Waals surface area contributed by atoms with Crippen molar-refractivity contribution >= 4 is 28.3 Å². The Hall–Kier alpha value is -3.21. The van der Waals surface area contributed by atoms with Gasteiger partial charge in [0.25, 0.3) is 11.7 Å². The number of nitrogens with one attached hydrogen (secondary N) is 2. The van der Waals surface area contributed by atoms with E-state index in [0.717, 1.165) is 36.1 Å². The van der Waals surface area contributed by atoms with Gasteiger partial charge in [0.15, 0.2) is 0 Å². The molecule has 4 aromatic rings. The van der Waals surface area contributed by atoms with Gasteiger partial charge in [-0.05, 0) is 54.8 Å². The number of aromatic amines is 1. The van der Waals surface area contributed by atoms with Gasteiger partial charge >= 0.3 is 6.18 Å². The molecule has 38 heavy (non-hydrogen) atoms. The van der Waals surface area contributed by atoms with Gasteiger partial charge in [0.1, 0.15) is 11.6 Å². The van der Waals surface area contributed by atoms with Crippen molar-refractivity contribution in [1.29, 1.82) is 0 Å². The van der Waals surface area contributed by atoms with Crippen LogP contribution in [0.2, 0.25) is 0 Å². The van der Waals surface area contributed by atoms with Crippen LogP contribution in [-0.2, 0) is 19.0 Å². The van der Waals surface area contributed by atoms with E-state index in [4.69, 9.17) is 4.98 Å². The summed E-state index contributed by atoms with van der Waals surface area (Å²) in [5.74, 6) is -0.245. The van der Waals surface area contributed by atoms with Crippen LogP contribution >= 0.6 is 11.3 Å². The normalized spacial score (nSPS) is 13.1. The highest BCUT2D eigenvalue weighted by molar-refractivity contribution is 7.09. The molecule has 0 spiro atoms. The number of rotatable bonds is 11. The van der Waals surface area contributed by atoms with Crippen molar-refractivity contribution < 1.29 is 18.0 Å². The molecule has 3 heterocycles. The highest BCUT2D eigenvalue weighted by Crippen LogP contribution is 2.29. The maximum atomic E-state index is 13.3. The summed E-state index contributed by atoms with van der Waals surface area (Å²) in [6, 6.07) is 9.54. The Morgan fingerprint density at radius 3 is 2.53 bits per heavy atom. The third-order valence-corrected chi connectivity index (χ3v) is 7.44. The minimum absolute atomic E-state index is 0.0841. The van der Waals surface area contributed by atoms with E-state index in [1.807, 2.05) is 26.0 Å². The summed E-state index contributed by atoms with van der Waals surface area (Å²) in [4.78, 5) is 23.0. The highest BCUT2D eigenvalue weighted by atomic mass is 32.1. The van der Waals surface area contributed by atoms with E-state index >= 15 is 0 Å². The predicted octanol–water partition coefficient (Wildman–Crippen LogP) is 6.57. The molecule has 0 bridgehead atoms. The molecule has 0 aliphatic carbocycles. The molecule has 0 fully saturated rings. The Kier molecular flexibility index (Phi) is 8.54. The first-order valence-electron chi connectivity index (χ1n) is 12.9. The Morgan fingerprint density at radius 2 is 1.92 bits per heavy atom. The number of thiophene rings is 1. The lowest BCUT2D eigenvalue weighted by atomic mass is 10.00. The Morgan fingerprint density at radius 1 is 1.16 bits per heavy atom. The van der Waals surface area contributed by atoms with E-state index in [-0.39, 0.29) is 24.1 Å². The molecule has 0 aliphatic heterocycles. The van der Waals surface area contributed by atoms with E-state index in [2.05, 4.69) is 50.4 Å². The zero-order valence-corrected chi connectivity index (χ0v) is 22.8. The fourth-order valence-electron chi connectivity index (χ4n) is 4.82. The fourth-order valence-corrected chi connectivity index (χ4v) is 5.52. The molecule has 0 saturated heterocycles. The molecule has 1 unspecified atom stereocenters. The highest BCUT2D eigenvalue weighted by Gasteiger charge is 2.36. The van der Waals surface area contributed by atoms with Gasteiger partial charge in [0, 0.05) is 35.4 Å². The smallest absolute Gasteiger partial charge is 0.349 e. The van der Waals surface area contributed by atoms with Crippen LogP contribution in [0.3, 0.4) is 0 Å². The van der Waals surface area contributed by atoms with E-state index in [9.17, 15) is 18.0 Å². The van der Waals surface area contributed by atoms with Crippen LogP contribution in [0.15, 0.2) is 35.7 Å². The number of alkyl halides is 3. The molecule has 0 aliphatic rings. The number of imidazole rings is 1. The Labute approximate surface area is 223 Å². The summed E-state index contributed by atoms with van der Waals surface area (Å²) in [7, 11) is 0. The van der Waals surface area contributed by atoms with E-state index < -0.39 is 18.0 Å². The van der Waals surface area contributed by atoms with Crippen molar-refractivity contribution in [3.8, 4) is 0 Å². The van der Waals surface area contributed by atoms with Crippen molar-refractivity contribution in [2.75, 3.05) is 0 Å². The number of nitrogens with zero attached hydrogens (tertiary/aromatic N) is 4. The van der Waals surface area contributed by atoms with Crippen molar-refractivity contribution in [2.24, 2.45) is 5.92 Å². The van der Waals surface area contributed by atoms with Gasteiger partial charge in [0.05, 0.1) is 11.0 Å². The molecule has 3 aromatic heterocycles. The number of H-pyrrole nitrogens is 1. The second-order valence-corrected chi connectivity index (χ2v) is 11.0. The third-order valence-electron chi connectivity index (χ3n) is 6.56. The van der Waals surface area contributed by atoms with Crippen LogP contribution < -0.4 is 5.32 Å². The number of amides is 1. The number of carbonyl (C=O) groups is 1. The summed E-state index contributed by atoms with van der Waals surface area (Å²) in [6.45, 7) is 8.31. The van der Waals surface area contributed by atoms with Crippen LogP contribution in [0.5, 0.6) is 0 Å². The van der Waals surface area contributed by atoms with Gasteiger partial charge in [-0.2, -0.15) is 13.2 Å². The monoisotopic (exact) mass is 546 g/mol. The maximum Gasteiger partial charge on any atom is 0.453 e. The maximum absolute atomic E-state index is 13.3. The minimum atomic E-state index is -4.62. The Balaban J connectivity index is 1.59. The van der Waals surface area contributed by atoms with Gasteiger partial charge < -0.3 is 9.88 Å². The van der Waals surface area contributed by atoms with Crippen LogP contribution in [0.4, 0.5) is 13.2 Å². The first kappa shape index (κ1) is 27.8. The number of aromatic nitrogens is 5. The molecule has 7 nitrogen and oxygen atoms in total. The minimum Gasteiger partial charge on any atom is -0.349 e. The molecule has 204 valence electrons. The number of benzene rings is 1. The molecule has 1 aromatic carbocycles. The number of hydrogen-bond acceptors (Lipinski definition) is 5. The average molecular weight is 547 g/mol. The number of hydrogen-bond donors (Lipinski definition) is 2. The topological polar surface area (TPSA) is 88.5 Å². The van der Waals surface area contributed by atoms with E-state index in [1.165, 1.54) is 4.88 Å². The molecule has 4 rings (SSSR count). The molecule has 0 radical (unpaired) electrons. The third kappa shape index (κ3) is 6.43. The molecule has 0 saturated carbocycles. The van der Waals surface area contributed by atoms with Crippen molar-refractivity contribution in [2.45, 2.75) is 78.1 Å². The largest absolute Gasteiger partial charge is 0.453 e. The van der Waals surface area contributed by atoms with E-state index in [1.54, 1.807) is 23.5 Å². The van der Waals surface area contributed by atoms with Crippen LogP contribution in [0, 0.1) is 5.92 Å². The lowest BCUT2D eigenvalue weighted by Crippen LogP contribution is -2.37. The lowest BCUT2D eigenvalue weighted by molar-refractivity contribution is -0.144. The summed E-state index contributed by atoms with van der Waals surface area (Å²) in [6.07, 6.45) is -1.28. The van der Waals surface area contributed by atoms with Crippen molar-refractivity contribution in [3.05, 3.63) is 63.6 Å². The number of halogens is 3. The molecule has 1 amide bonds. The lowest BCUT2D eigenvalue weighted by Gasteiger charge is -2.20. The summed E-state index contributed by atoms with van der Waals surface area (Å²) < 4.78 is 41.0. The predicted molar refractivity (Wildman–Crippen MR) is 142 cm³/mol. The number of fused-ring (bicyclic) bond motifs is 1. The average Bonchev–Trinajstić information content (AvgIpc) is 3.60. The van der Waals surface area contributed by atoms with Crippen molar-refractivity contribution in [3.63, 3.8) is 0 Å². The molecule has 11 heteroatoms. The zero-order valence-electron chi connectivity index (χ0n) is 22.0. The SMILES string of the molecule is CCC(CC)n1c(Cc2cccs2)nc2cc(C(=O)NC(Cc3nc(C(F)(F)F)n[nH]3)CC(C)C)ccc21. The second kappa shape index (κ2) is 11.7. The van der Waals surface area contributed by atoms with Gasteiger partial charge in [-0.1, -0.05) is 33.8 Å². The summed E-state index contributed by atoms with van der Waals surface area (Å²) in [5, 5.41) is 10.7. The second-order valence-electron chi connectivity index (χ2n) is 9.94. The summed E-state index contributed by atoms with van der Waals surface area (Å²) in [5.41, 5.74) is 2.19. The van der Waals surface area contributed by atoms with Gasteiger partial charge in [-0.3, -0.25) is 9.89 Å². The molecular weight excluding hydrogens is 513 g/mol. The standard InChI is InChI=1S/C27H33F3N6OS/c1-5-19(6-2)36-22-10-9-17(13-21(22)32-24(36)15-20-8-7-11-38-20)25(37)31-18(12-16(3)4)14-23-33-26(35-34-23)27(28,29)30/h7-11,13,16,18-19H,5-6,12,14-15H2,1-4H3,(H,31,37)(H,33,34,35). The quantitative estimate of drug-likeness (QED) is 0.223. The van der Waals surface area contributed by atoms with Crippen LogP contribution in [0.1, 0.15) is 85.7 Å². The fraction of sp³-hybridized carbons (Fsp3) is 0.481. The van der Waals surface area contributed by atoms with Crippen LogP contribution in [0.25, 0.3) is 11.0 Å². The first-order valence-corrected chi connectivity index (χ1v) is 13.8.